The number of methoxy groups -OCH3 is 2. The van der Waals surface area contributed by atoms with Crippen LogP contribution in [0.1, 0.15) is 16.8 Å². The molecule has 0 radical (unpaired) electrons. The molecule has 0 aliphatic carbocycles. The number of hydrogen-bond acceptors (Lipinski definition) is 6. The molecule has 2 amide bonds. The standard InChI is InChI=1S/C18H25N3O4S/c1-24-13-3-4-14(16(8-13)25-2)17(22)20-10-12-7-15(19-9-12)18(23)21-5-6-26-11-21/h3-4,8,12,15,19H,5-7,9-11H2,1-2H3,(H,20,22)/t12-,15-/m0/s1. The fraction of sp³-hybridized carbons (Fsp3) is 0.556. The fourth-order valence-electron chi connectivity index (χ4n) is 3.28. The monoisotopic (exact) mass is 379 g/mol. The van der Waals surface area contributed by atoms with Crippen LogP contribution in [0.15, 0.2) is 18.2 Å². The summed E-state index contributed by atoms with van der Waals surface area (Å²) in [5.41, 5.74) is 0.473. The van der Waals surface area contributed by atoms with Gasteiger partial charge in [-0.15, -0.1) is 11.8 Å². The van der Waals surface area contributed by atoms with Crippen molar-refractivity contribution in [2.75, 3.05) is 45.5 Å². The van der Waals surface area contributed by atoms with Crippen LogP contribution in [0.25, 0.3) is 0 Å². The van der Waals surface area contributed by atoms with Crippen LogP contribution in [-0.2, 0) is 4.79 Å². The van der Waals surface area contributed by atoms with Gasteiger partial charge in [-0.25, -0.2) is 0 Å². The largest absolute Gasteiger partial charge is 0.497 e. The normalized spacial score (nSPS) is 22.3. The number of amides is 2. The van der Waals surface area contributed by atoms with Gasteiger partial charge in [0.05, 0.1) is 31.7 Å². The predicted molar refractivity (Wildman–Crippen MR) is 101 cm³/mol. The van der Waals surface area contributed by atoms with Gasteiger partial charge in [0, 0.05) is 31.5 Å². The molecule has 0 spiro atoms. The van der Waals surface area contributed by atoms with Crippen molar-refractivity contribution in [1.82, 2.24) is 15.5 Å². The zero-order valence-electron chi connectivity index (χ0n) is 15.1. The van der Waals surface area contributed by atoms with Crippen molar-refractivity contribution in [3.05, 3.63) is 23.8 Å². The second-order valence-electron chi connectivity index (χ2n) is 6.48. The van der Waals surface area contributed by atoms with Crippen LogP contribution in [0.2, 0.25) is 0 Å². The highest BCUT2D eigenvalue weighted by Gasteiger charge is 2.33. The number of carbonyl (C=O) groups excluding carboxylic acids is 2. The van der Waals surface area contributed by atoms with Crippen LogP contribution in [0.4, 0.5) is 0 Å². The van der Waals surface area contributed by atoms with Gasteiger partial charge in [-0.05, 0) is 24.5 Å². The smallest absolute Gasteiger partial charge is 0.255 e. The van der Waals surface area contributed by atoms with E-state index in [0.717, 1.165) is 31.1 Å². The fourth-order valence-corrected chi connectivity index (χ4v) is 4.23. The lowest BCUT2D eigenvalue weighted by molar-refractivity contribution is -0.131. The Balaban J connectivity index is 1.51. The Morgan fingerprint density at radius 2 is 2.19 bits per heavy atom. The Bertz CT molecular complexity index is 664. The van der Waals surface area contributed by atoms with Crippen molar-refractivity contribution in [3.63, 3.8) is 0 Å². The summed E-state index contributed by atoms with van der Waals surface area (Å²) in [7, 11) is 3.10. The molecule has 2 aliphatic rings. The Morgan fingerprint density at radius 3 is 2.88 bits per heavy atom. The lowest BCUT2D eigenvalue weighted by Crippen LogP contribution is -2.42. The third-order valence-electron chi connectivity index (χ3n) is 4.79. The topological polar surface area (TPSA) is 79.9 Å². The molecule has 142 valence electrons. The molecule has 2 aliphatic heterocycles. The number of thioether (sulfide) groups is 1. The van der Waals surface area contributed by atoms with Crippen LogP contribution in [0, 0.1) is 5.92 Å². The molecular formula is C18H25N3O4S. The summed E-state index contributed by atoms with van der Waals surface area (Å²) in [6.45, 7) is 2.09. The molecule has 2 heterocycles. The van der Waals surface area contributed by atoms with Gasteiger partial charge in [0.25, 0.3) is 5.91 Å². The molecule has 2 atom stereocenters. The van der Waals surface area contributed by atoms with E-state index in [9.17, 15) is 9.59 Å². The quantitative estimate of drug-likeness (QED) is 0.766. The van der Waals surface area contributed by atoms with Crippen molar-refractivity contribution < 1.29 is 19.1 Å². The van der Waals surface area contributed by atoms with Gasteiger partial charge in [0.2, 0.25) is 5.91 Å². The van der Waals surface area contributed by atoms with Gasteiger partial charge in [-0.2, -0.15) is 0 Å². The molecule has 2 saturated heterocycles. The average molecular weight is 379 g/mol. The van der Waals surface area contributed by atoms with Crippen molar-refractivity contribution >= 4 is 23.6 Å². The Kier molecular flexibility index (Phi) is 6.26. The number of nitrogens with zero attached hydrogens (tertiary/aromatic N) is 1. The summed E-state index contributed by atoms with van der Waals surface area (Å²) in [5, 5.41) is 6.24. The van der Waals surface area contributed by atoms with E-state index in [-0.39, 0.29) is 23.8 Å². The lowest BCUT2D eigenvalue weighted by Gasteiger charge is -2.19. The first-order chi connectivity index (χ1) is 12.6. The summed E-state index contributed by atoms with van der Waals surface area (Å²) in [4.78, 5) is 26.8. The van der Waals surface area contributed by atoms with E-state index in [0.29, 0.717) is 23.6 Å². The molecule has 26 heavy (non-hydrogen) atoms. The molecule has 0 saturated carbocycles. The molecule has 0 unspecified atom stereocenters. The molecule has 1 aromatic carbocycles. The van der Waals surface area contributed by atoms with E-state index < -0.39 is 0 Å². The first-order valence-electron chi connectivity index (χ1n) is 8.72. The van der Waals surface area contributed by atoms with E-state index in [1.807, 2.05) is 4.90 Å². The number of nitrogens with one attached hydrogen (secondary N) is 2. The minimum absolute atomic E-state index is 0.133. The molecule has 0 aromatic heterocycles. The first-order valence-corrected chi connectivity index (χ1v) is 9.88. The van der Waals surface area contributed by atoms with Gasteiger partial charge in [0.1, 0.15) is 11.5 Å². The van der Waals surface area contributed by atoms with Crippen molar-refractivity contribution in [3.8, 4) is 11.5 Å². The summed E-state index contributed by atoms with van der Waals surface area (Å²) in [6, 6.07) is 4.98. The zero-order valence-corrected chi connectivity index (χ0v) is 15.9. The maximum Gasteiger partial charge on any atom is 0.255 e. The molecule has 0 bridgehead atoms. The number of carbonyl (C=O) groups is 2. The molecule has 1 aromatic rings. The SMILES string of the molecule is COc1ccc(C(=O)NC[C@@H]2CN[C@H](C(=O)N3CCSC3)C2)c(OC)c1. The van der Waals surface area contributed by atoms with Crippen LogP contribution >= 0.6 is 11.8 Å². The van der Waals surface area contributed by atoms with Gasteiger partial charge in [0.15, 0.2) is 0 Å². The van der Waals surface area contributed by atoms with E-state index in [1.54, 1.807) is 37.1 Å². The zero-order chi connectivity index (χ0) is 18.5. The highest BCUT2D eigenvalue weighted by atomic mass is 32.2. The second kappa shape index (κ2) is 8.64. The molecule has 2 N–H and O–H groups in total. The average Bonchev–Trinajstić information content (AvgIpc) is 3.37. The first kappa shape index (κ1) is 18.8. The Labute approximate surface area is 157 Å². The predicted octanol–water partition coefficient (Wildman–Crippen LogP) is 0.945. The molecule has 3 rings (SSSR count). The highest BCUT2D eigenvalue weighted by molar-refractivity contribution is 7.99. The van der Waals surface area contributed by atoms with Gasteiger partial charge in [-0.3, -0.25) is 9.59 Å². The number of rotatable bonds is 6. The van der Waals surface area contributed by atoms with E-state index in [4.69, 9.17) is 9.47 Å². The lowest BCUT2D eigenvalue weighted by atomic mass is 10.0. The molecular weight excluding hydrogens is 354 g/mol. The number of benzene rings is 1. The van der Waals surface area contributed by atoms with E-state index >= 15 is 0 Å². The Hall–Kier alpha value is -1.93. The molecule has 8 heteroatoms. The molecule has 7 nitrogen and oxygen atoms in total. The molecule has 2 fully saturated rings. The van der Waals surface area contributed by atoms with Crippen LogP contribution < -0.4 is 20.1 Å². The third kappa shape index (κ3) is 4.24. The summed E-state index contributed by atoms with van der Waals surface area (Å²) in [6.07, 6.45) is 0.750. The van der Waals surface area contributed by atoms with Crippen LogP contribution in [0.3, 0.4) is 0 Å². The Morgan fingerprint density at radius 1 is 1.35 bits per heavy atom. The minimum atomic E-state index is -0.185. The van der Waals surface area contributed by atoms with Crippen molar-refractivity contribution in [2.45, 2.75) is 12.5 Å². The second-order valence-corrected chi connectivity index (χ2v) is 7.55. The van der Waals surface area contributed by atoms with Crippen LogP contribution in [0.5, 0.6) is 11.5 Å². The van der Waals surface area contributed by atoms with Crippen molar-refractivity contribution in [1.29, 1.82) is 0 Å². The van der Waals surface area contributed by atoms with E-state index in [2.05, 4.69) is 10.6 Å². The third-order valence-corrected chi connectivity index (χ3v) is 5.75. The number of hydrogen-bond donors (Lipinski definition) is 2. The maximum absolute atomic E-state index is 12.5. The van der Waals surface area contributed by atoms with Gasteiger partial charge in [-0.1, -0.05) is 0 Å². The van der Waals surface area contributed by atoms with Gasteiger partial charge < -0.3 is 25.0 Å². The van der Waals surface area contributed by atoms with E-state index in [1.165, 1.54) is 7.11 Å². The maximum atomic E-state index is 12.5. The minimum Gasteiger partial charge on any atom is -0.497 e. The van der Waals surface area contributed by atoms with Gasteiger partial charge >= 0.3 is 0 Å². The summed E-state index contributed by atoms with van der Waals surface area (Å²) < 4.78 is 10.4. The summed E-state index contributed by atoms with van der Waals surface area (Å²) >= 11 is 1.79. The van der Waals surface area contributed by atoms with Crippen molar-refractivity contribution in [2.24, 2.45) is 5.92 Å². The summed E-state index contributed by atoms with van der Waals surface area (Å²) in [5.74, 6) is 3.16. The highest BCUT2D eigenvalue weighted by Crippen LogP contribution is 2.25. The van der Waals surface area contributed by atoms with Crippen LogP contribution in [-0.4, -0.2) is 68.2 Å². The number of ether oxygens (including phenoxy) is 2.